The summed E-state index contributed by atoms with van der Waals surface area (Å²) in [4.78, 5) is 28.7. The molecule has 11 heteroatoms. The van der Waals surface area contributed by atoms with E-state index in [1.165, 1.54) is 23.5 Å². The number of hydrogen-bond donors (Lipinski definition) is 4. The van der Waals surface area contributed by atoms with Crippen LogP contribution in [-0.2, 0) is 26.0 Å². The van der Waals surface area contributed by atoms with Crippen molar-refractivity contribution in [1.29, 1.82) is 0 Å². The highest BCUT2D eigenvalue weighted by Gasteiger charge is 2.23. The third-order valence-electron chi connectivity index (χ3n) is 5.02. The van der Waals surface area contributed by atoms with Gasteiger partial charge in [-0.2, -0.15) is 0 Å². The highest BCUT2D eigenvalue weighted by Crippen LogP contribution is 2.29. The van der Waals surface area contributed by atoms with Crippen LogP contribution < -0.4 is 15.8 Å². The molecular weight excluding hydrogens is 464 g/mol. The smallest absolute Gasteiger partial charge is 0.326 e. The lowest BCUT2D eigenvalue weighted by atomic mass is 10.1. The summed E-state index contributed by atoms with van der Waals surface area (Å²) in [5.41, 5.74) is 5.84. The van der Waals surface area contributed by atoms with Crippen molar-refractivity contribution in [2.45, 2.75) is 17.4 Å². The van der Waals surface area contributed by atoms with Gasteiger partial charge in [0.15, 0.2) is 0 Å². The molecule has 0 bridgehead atoms. The number of carboxylic acids is 1. The maximum atomic E-state index is 12.6. The number of carbonyl (C=O) groups excluding carboxylic acids is 1. The number of nitrogens with one attached hydrogen (secondary N) is 2. The molecule has 0 saturated carbocycles. The largest absolute Gasteiger partial charge is 0.480 e. The van der Waals surface area contributed by atoms with Gasteiger partial charge in [-0.05, 0) is 35.0 Å². The summed E-state index contributed by atoms with van der Waals surface area (Å²) in [6.45, 7) is -0.595. The van der Waals surface area contributed by atoms with Crippen LogP contribution in [0.15, 0.2) is 65.7 Å². The average Bonchev–Trinajstić information content (AvgIpc) is 3.21. The van der Waals surface area contributed by atoms with Crippen LogP contribution in [-0.4, -0.2) is 43.0 Å². The Kier molecular flexibility index (Phi) is 6.27. The minimum atomic E-state index is -3.96. The number of sulfonamides is 1. The Bertz CT molecular complexity index is 1470. The van der Waals surface area contributed by atoms with E-state index in [0.717, 1.165) is 20.9 Å². The van der Waals surface area contributed by atoms with Gasteiger partial charge >= 0.3 is 5.97 Å². The molecule has 170 valence electrons. The van der Waals surface area contributed by atoms with Gasteiger partial charge in [0.2, 0.25) is 15.9 Å². The highest BCUT2D eigenvalue weighted by molar-refractivity contribution is 7.89. The fraction of sp³-hybridized carbons (Fsp3) is 0.136. The van der Waals surface area contributed by atoms with Crippen LogP contribution in [0.3, 0.4) is 0 Å². The summed E-state index contributed by atoms with van der Waals surface area (Å²) in [5, 5.41) is 14.3. The number of rotatable bonds is 8. The zero-order chi connectivity index (χ0) is 23.6. The number of amides is 1. The highest BCUT2D eigenvalue weighted by atomic mass is 32.2. The summed E-state index contributed by atoms with van der Waals surface area (Å²) in [7, 11) is -3.96. The Labute approximate surface area is 193 Å². The second kappa shape index (κ2) is 9.14. The average molecular weight is 485 g/mol. The van der Waals surface area contributed by atoms with Gasteiger partial charge in [-0.3, -0.25) is 4.79 Å². The second-order valence-corrected chi connectivity index (χ2v) is 10.3. The lowest BCUT2D eigenvalue weighted by Gasteiger charge is -2.14. The van der Waals surface area contributed by atoms with Crippen molar-refractivity contribution < 1.29 is 23.1 Å². The third kappa shape index (κ3) is 5.11. The van der Waals surface area contributed by atoms with Gasteiger partial charge in [0.1, 0.15) is 11.9 Å². The van der Waals surface area contributed by atoms with E-state index in [2.05, 4.69) is 15.0 Å². The molecule has 1 atom stereocenters. The van der Waals surface area contributed by atoms with Crippen LogP contribution >= 0.6 is 11.3 Å². The van der Waals surface area contributed by atoms with Gasteiger partial charge in [-0.1, -0.05) is 30.3 Å². The Morgan fingerprint density at radius 2 is 1.85 bits per heavy atom. The number of thiophene rings is 1. The van der Waals surface area contributed by atoms with E-state index in [0.29, 0.717) is 10.7 Å². The number of nitrogens with zero attached hydrogens (tertiary/aromatic N) is 1. The van der Waals surface area contributed by atoms with Gasteiger partial charge in [0.05, 0.1) is 11.4 Å². The summed E-state index contributed by atoms with van der Waals surface area (Å²) >= 11 is 1.35. The van der Waals surface area contributed by atoms with Crippen molar-refractivity contribution in [2.75, 3.05) is 12.3 Å². The number of aromatic nitrogens is 1. The molecule has 2 aromatic carbocycles. The van der Waals surface area contributed by atoms with Crippen molar-refractivity contribution in [3.8, 4) is 0 Å². The molecule has 0 fully saturated rings. The summed E-state index contributed by atoms with van der Waals surface area (Å²) in [6, 6.07) is 14.2. The molecule has 0 saturated heterocycles. The molecule has 2 heterocycles. The molecule has 0 spiro atoms. The van der Waals surface area contributed by atoms with E-state index in [4.69, 9.17) is 5.73 Å². The van der Waals surface area contributed by atoms with Crippen molar-refractivity contribution in [1.82, 2.24) is 15.0 Å². The first-order valence-electron chi connectivity index (χ1n) is 9.86. The Morgan fingerprint density at radius 1 is 1.09 bits per heavy atom. The molecular formula is C22H20N4O5S2. The maximum absolute atomic E-state index is 12.6. The maximum Gasteiger partial charge on any atom is 0.326 e. The van der Waals surface area contributed by atoms with Gasteiger partial charge in [-0.25, -0.2) is 22.9 Å². The Balaban J connectivity index is 1.41. The Morgan fingerprint density at radius 3 is 2.58 bits per heavy atom. The molecule has 1 amide bonds. The van der Waals surface area contributed by atoms with Crippen LogP contribution in [0.25, 0.3) is 20.9 Å². The van der Waals surface area contributed by atoms with Gasteiger partial charge in [0.25, 0.3) is 0 Å². The van der Waals surface area contributed by atoms with E-state index in [9.17, 15) is 23.1 Å². The Hall–Kier alpha value is -3.54. The number of benzene rings is 2. The summed E-state index contributed by atoms with van der Waals surface area (Å²) < 4.78 is 28.3. The standard InChI is InChI=1S/C22H20N4O5S2/c23-21-17-10-15(32-19(17)7-8-24-21)11-18(22(28)29)26-20(27)12-25-33(30,31)16-6-5-13-3-1-2-4-14(13)9-16/h1-10,18,25H,11-12H2,(H2,23,24)(H,26,27)(H,28,29). The van der Waals surface area contributed by atoms with E-state index in [1.54, 1.807) is 36.5 Å². The number of nitrogen functional groups attached to an aromatic ring is 1. The van der Waals surface area contributed by atoms with Crippen LogP contribution in [0.5, 0.6) is 0 Å². The number of pyridine rings is 1. The monoisotopic (exact) mass is 484 g/mol. The van der Waals surface area contributed by atoms with Crippen molar-refractivity contribution >= 4 is 59.9 Å². The number of carboxylic acid groups (broad SMARTS) is 1. The van der Waals surface area contributed by atoms with Crippen molar-refractivity contribution in [2.24, 2.45) is 0 Å². The van der Waals surface area contributed by atoms with Crippen LogP contribution in [0.2, 0.25) is 0 Å². The summed E-state index contributed by atoms with van der Waals surface area (Å²) in [5.74, 6) is -1.65. The molecule has 4 rings (SSSR count). The predicted octanol–water partition coefficient (Wildman–Crippen LogP) is 2.12. The molecule has 0 aliphatic heterocycles. The van der Waals surface area contributed by atoms with Crippen LogP contribution in [0.1, 0.15) is 4.88 Å². The van der Waals surface area contributed by atoms with E-state index < -0.39 is 34.5 Å². The lowest BCUT2D eigenvalue weighted by Crippen LogP contribution is -2.46. The van der Waals surface area contributed by atoms with E-state index >= 15 is 0 Å². The third-order valence-corrected chi connectivity index (χ3v) is 7.54. The molecule has 9 nitrogen and oxygen atoms in total. The SMILES string of the molecule is Nc1nccc2sc(CC(NC(=O)CNS(=O)(=O)c3ccc4ccccc4c3)C(=O)O)cc12. The zero-order valence-electron chi connectivity index (χ0n) is 17.2. The minimum absolute atomic E-state index is 0.0141. The zero-order valence-corrected chi connectivity index (χ0v) is 18.8. The number of carbonyl (C=O) groups is 2. The lowest BCUT2D eigenvalue weighted by molar-refractivity contribution is -0.141. The number of fused-ring (bicyclic) bond motifs is 2. The normalized spacial score (nSPS) is 12.6. The second-order valence-electron chi connectivity index (χ2n) is 7.32. The molecule has 0 aliphatic rings. The number of hydrogen-bond acceptors (Lipinski definition) is 7. The predicted molar refractivity (Wildman–Crippen MR) is 126 cm³/mol. The number of aliphatic carboxylic acids is 1. The van der Waals surface area contributed by atoms with E-state index in [1.807, 2.05) is 12.1 Å². The first-order chi connectivity index (χ1) is 15.7. The topological polar surface area (TPSA) is 151 Å². The van der Waals surface area contributed by atoms with Crippen LogP contribution in [0, 0.1) is 0 Å². The molecule has 4 aromatic rings. The van der Waals surface area contributed by atoms with Gasteiger partial charge in [0, 0.05) is 27.6 Å². The number of anilines is 1. The molecule has 33 heavy (non-hydrogen) atoms. The molecule has 5 N–H and O–H groups in total. The molecule has 0 radical (unpaired) electrons. The van der Waals surface area contributed by atoms with Gasteiger partial charge < -0.3 is 16.2 Å². The van der Waals surface area contributed by atoms with Gasteiger partial charge in [-0.15, -0.1) is 11.3 Å². The molecule has 2 aromatic heterocycles. The molecule has 0 aliphatic carbocycles. The van der Waals surface area contributed by atoms with E-state index in [-0.39, 0.29) is 11.3 Å². The fourth-order valence-electron chi connectivity index (χ4n) is 3.36. The first-order valence-corrected chi connectivity index (χ1v) is 12.2. The van der Waals surface area contributed by atoms with Crippen LogP contribution in [0.4, 0.5) is 5.82 Å². The summed E-state index contributed by atoms with van der Waals surface area (Å²) in [6.07, 6.45) is 1.59. The first kappa shape index (κ1) is 22.6. The quantitative estimate of drug-likeness (QED) is 0.299. The molecule has 1 unspecified atom stereocenters. The minimum Gasteiger partial charge on any atom is -0.480 e. The number of nitrogens with two attached hydrogens (primary N) is 1. The van der Waals surface area contributed by atoms with Crippen molar-refractivity contribution in [3.05, 3.63) is 65.7 Å². The fourth-order valence-corrected chi connectivity index (χ4v) is 5.49. The van der Waals surface area contributed by atoms with Crippen molar-refractivity contribution in [3.63, 3.8) is 0 Å².